The van der Waals surface area contributed by atoms with Crippen LogP contribution < -0.4 is 5.73 Å². The summed E-state index contributed by atoms with van der Waals surface area (Å²) >= 11 is 0. The zero-order chi connectivity index (χ0) is 18.2. The second kappa shape index (κ2) is 17.9. The van der Waals surface area contributed by atoms with Crippen molar-refractivity contribution < 1.29 is 0 Å². The average molecular weight is 382 g/mol. The molecule has 1 nitrogen and oxygen atoms in total. The van der Waals surface area contributed by atoms with Crippen LogP contribution in [-0.2, 0) is 6.42 Å². The Balaban J connectivity index is 0.00000625. The van der Waals surface area contributed by atoms with E-state index in [4.69, 9.17) is 5.73 Å². The molecule has 0 spiro atoms. The van der Waals surface area contributed by atoms with Gasteiger partial charge in [0.2, 0.25) is 0 Å². The van der Waals surface area contributed by atoms with E-state index in [-0.39, 0.29) is 12.4 Å². The van der Waals surface area contributed by atoms with Crippen LogP contribution in [0.4, 0.5) is 0 Å². The van der Waals surface area contributed by atoms with Crippen LogP contribution in [0.25, 0.3) is 0 Å². The van der Waals surface area contributed by atoms with Crippen molar-refractivity contribution in [3.8, 4) is 0 Å². The second-order valence-corrected chi connectivity index (χ2v) is 7.85. The van der Waals surface area contributed by atoms with Crippen molar-refractivity contribution in [1.82, 2.24) is 0 Å². The first-order valence-electron chi connectivity index (χ1n) is 11.1. The third-order valence-electron chi connectivity index (χ3n) is 5.57. The molecule has 2 unspecified atom stereocenters. The number of unbranched alkanes of at least 4 members (excludes halogenated alkanes) is 8. The quantitative estimate of drug-likeness (QED) is 0.291. The molecule has 0 saturated carbocycles. The van der Waals surface area contributed by atoms with E-state index in [0.717, 1.165) is 0 Å². The summed E-state index contributed by atoms with van der Waals surface area (Å²) in [7, 11) is 0. The smallest absolute Gasteiger partial charge is 0.00672 e. The number of halogens is 1. The van der Waals surface area contributed by atoms with E-state index in [1.165, 1.54) is 95.5 Å². The molecule has 1 aromatic rings. The highest BCUT2D eigenvalue weighted by atomic mass is 35.5. The van der Waals surface area contributed by atoms with Gasteiger partial charge in [0.1, 0.15) is 0 Å². The largest absolute Gasteiger partial charge is 0.327 e. The van der Waals surface area contributed by atoms with Crippen LogP contribution in [0.2, 0.25) is 0 Å². The first-order valence-corrected chi connectivity index (χ1v) is 11.1. The molecular weight excluding hydrogens is 338 g/mol. The first kappa shape index (κ1) is 25.5. The zero-order valence-electron chi connectivity index (χ0n) is 17.4. The van der Waals surface area contributed by atoms with Gasteiger partial charge in [0.15, 0.2) is 0 Å². The fraction of sp³-hybridized carbons (Fsp3) is 0.750. The van der Waals surface area contributed by atoms with E-state index in [1.807, 2.05) is 0 Å². The maximum Gasteiger partial charge on any atom is 0.00672 e. The Labute approximate surface area is 169 Å². The van der Waals surface area contributed by atoms with Crippen molar-refractivity contribution in [1.29, 1.82) is 0 Å². The van der Waals surface area contributed by atoms with Crippen LogP contribution in [0.1, 0.15) is 103 Å². The molecule has 0 saturated heterocycles. The Morgan fingerprint density at radius 1 is 0.692 bits per heavy atom. The summed E-state index contributed by atoms with van der Waals surface area (Å²) in [6.45, 7) is 4.57. The monoisotopic (exact) mass is 381 g/mol. The van der Waals surface area contributed by atoms with Gasteiger partial charge in [-0.25, -0.2) is 0 Å². The van der Waals surface area contributed by atoms with Crippen LogP contribution in [0.5, 0.6) is 0 Å². The highest BCUT2D eigenvalue weighted by Crippen LogP contribution is 2.23. The molecule has 0 aliphatic carbocycles. The number of aryl methyl sites for hydroxylation is 1. The predicted molar refractivity (Wildman–Crippen MR) is 120 cm³/mol. The molecule has 2 heteroatoms. The van der Waals surface area contributed by atoms with Gasteiger partial charge >= 0.3 is 0 Å². The van der Waals surface area contributed by atoms with Gasteiger partial charge in [-0.3, -0.25) is 0 Å². The Bertz CT molecular complexity index is 392. The summed E-state index contributed by atoms with van der Waals surface area (Å²) in [5.74, 6) is 0.701. The van der Waals surface area contributed by atoms with Crippen molar-refractivity contribution in [2.75, 3.05) is 0 Å². The maximum atomic E-state index is 6.63. The Morgan fingerprint density at radius 3 is 1.88 bits per heavy atom. The summed E-state index contributed by atoms with van der Waals surface area (Å²) in [6.07, 6.45) is 18.6. The molecule has 0 amide bonds. The van der Waals surface area contributed by atoms with Crippen LogP contribution in [0.15, 0.2) is 30.3 Å². The average Bonchev–Trinajstić information content (AvgIpc) is 2.64. The van der Waals surface area contributed by atoms with Gasteiger partial charge < -0.3 is 5.73 Å². The number of hydrogen-bond donors (Lipinski definition) is 1. The van der Waals surface area contributed by atoms with E-state index >= 15 is 0 Å². The molecule has 0 radical (unpaired) electrons. The standard InChI is InChI=1S/C24H43N.ClH/c1-3-5-7-8-9-10-15-19-24(25)23(18-12-6-4-2)21-20-22-16-13-11-14-17-22;/h11,13-14,16-17,23-24H,3-10,12,15,18-21,25H2,1-2H3;1H. The zero-order valence-corrected chi connectivity index (χ0v) is 18.2. The molecular formula is C24H44ClN. The summed E-state index contributed by atoms with van der Waals surface area (Å²) in [6, 6.07) is 11.3. The first-order chi connectivity index (χ1) is 12.3. The summed E-state index contributed by atoms with van der Waals surface area (Å²) in [5, 5.41) is 0. The van der Waals surface area contributed by atoms with E-state index in [1.54, 1.807) is 0 Å². The van der Waals surface area contributed by atoms with Gasteiger partial charge in [-0.2, -0.15) is 0 Å². The molecule has 0 heterocycles. The van der Waals surface area contributed by atoms with Gasteiger partial charge in [0, 0.05) is 6.04 Å². The third-order valence-corrected chi connectivity index (χ3v) is 5.57. The molecule has 0 fully saturated rings. The van der Waals surface area contributed by atoms with Crippen LogP contribution >= 0.6 is 12.4 Å². The van der Waals surface area contributed by atoms with Gasteiger partial charge in [-0.05, 0) is 37.2 Å². The molecule has 2 N–H and O–H groups in total. The lowest BCUT2D eigenvalue weighted by Crippen LogP contribution is -2.30. The Hall–Kier alpha value is -0.530. The summed E-state index contributed by atoms with van der Waals surface area (Å²) in [4.78, 5) is 0. The van der Waals surface area contributed by atoms with Crippen molar-refractivity contribution in [2.45, 2.75) is 110 Å². The van der Waals surface area contributed by atoms with Crippen molar-refractivity contribution in [3.05, 3.63) is 35.9 Å². The Morgan fingerprint density at radius 2 is 1.23 bits per heavy atom. The van der Waals surface area contributed by atoms with Crippen LogP contribution in [0.3, 0.4) is 0 Å². The molecule has 0 aromatic heterocycles. The molecule has 0 aliphatic rings. The molecule has 1 rings (SSSR count). The fourth-order valence-corrected chi connectivity index (χ4v) is 3.80. The Kier molecular flexibility index (Phi) is 17.5. The molecule has 152 valence electrons. The lowest BCUT2D eigenvalue weighted by molar-refractivity contribution is 0.334. The molecule has 0 aliphatic heterocycles. The maximum absolute atomic E-state index is 6.63. The predicted octanol–water partition coefficient (Wildman–Crippen LogP) is 7.71. The van der Waals surface area contributed by atoms with Crippen molar-refractivity contribution in [2.24, 2.45) is 11.7 Å². The van der Waals surface area contributed by atoms with Gasteiger partial charge in [-0.15, -0.1) is 12.4 Å². The number of nitrogens with two attached hydrogens (primary N) is 1. The summed E-state index contributed by atoms with van der Waals surface area (Å²) in [5.41, 5.74) is 8.09. The van der Waals surface area contributed by atoms with Gasteiger partial charge in [0.05, 0.1) is 0 Å². The molecule has 26 heavy (non-hydrogen) atoms. The minimum Gasteiger partial charge on any atom is -0.327 e. The van der Waals surface area contributed by atoms with E-state index in [9.17, 15) is 0 Å². The normalized spacial score (nSPS) is 13.2. The SMILES string of the molecule is CCCCCCCCCC(N)C(CCCCC)CCc1ccccc1.Cl. The van der Waals surface area contributed by atoms with Crippen LogP contribution in [0, 0.1) is 5.92 Å². The van der Waals surface area contributed by atoms with Gasteiger partial charge in [0.25, 0.3) is 0 Å². The van der Waals surface area contributed by atoms with Gasteiger partial charge in [-0.1, -0.05) is 108 Å². The highest BCUT2D eigenvalue weighted by molar-refractivity contribution is 5.85. The summed E-state index contributed by atoms with van der Waals surface area (Å²) < 4.78 is 0. The van der Waals surface area contributed by atoms with E-state index in [0.29, 0.717) is 12.0 Å². The number of hydrogen-bond acceptors (Lipinski definition) is 1. The number of rotatable bonds is 16. The molecule has 0 bridgehead atoms. The van der Waals surface area contributed by atoms with E-state index in [2.05, 4.69) is 44.2 Å². The lowest BCUT2D eigenvalue weighted by Gasteiger charge is -2.24. The van der Waals surface area contributed by atoms with E-state index < -0.39 is 0 Å². The van der Waals surface area contributed by atoms with Crippen molar-refractivity contribution >= 4 is 12.4 Å². The van der Waals surface area contributed by atoms with Crippen molar-refractivity contribution in [3.63, 3.8) is 0 Å². The molecule has 2 atom stereocenters. The topological polar surface area (TPSA) is 26.0 Å². The molecule has 1 aromatic carbocycles. The second-order valence-electron chi connectivity index (χ2n) is 7.85. The number of benzene rings is 1. The van der Waals surface area contributed by atoms with Crippen LogP contribution in [-0.4, -0.2) is 6.04 Å². The highest BCUT2D eigenvalue weighted by Gasteiger charge is 2.17. The third kappa shape index (κ3) is 12.8. The fourth-order valence-electron chi connectivity index (χ4n) is 3.80. The lowest BCUT2D eigenvalue weighted by atomic mass is 9.86. The minimum atomic E-state index is 0. The minimum absolute atomic E-state index is 0.